The van der Waals surface area contributed by atoms with Crippen LogP contribution in [-0.2, 0) is 4.74 Å². The quantitative estimate of drug-likeness (QED) is 0.695. The first-order valence-corrected chi connectivity index (χ1v) is 4.86. The highest BCUT2D eigenvalue weighted by Crippen LogP contribution is 2.31. The maximum atomic E-state index is 5.43. The van der Waals surface area contributed by atoms with E-state index in [0.29, 0.717) is 12.1 Å². The number of nitrogens with zero attached hydrogens (tertiary/aromatic N) is 2. The zero-order valence-corrected chi connectivity index (χ0v) is 8.23. The van der Waals surface area contributed by atoms with E-state index in [2.05, 4.69) is 16.0 Å². The SMILES string of the molecule is COC1CCCC1n1ccc(C)n1. The maximum absolute atomic E-state index is 5.43. The van der Waals surface area contributed by atoms with Crippen molar-refractivity contribution in [1.29, 1.82) is 0 Å². The molecule has 1 fully saturated rings. The highest BCUT2D eigenvalue weighted by atomic mass is 16.5. The topological polar surface area (TPSA) is 27.1 Å². The van der Waals surface area contributed by atoms with Gasteiger partial charge in [0.25, 0.3) is 0 Å². The first kappa shape index (κ1) is 8.75. The van der Waals surface area contributed by atoms with E-state index in [-0.39, 0.29) is 0 Å². The van der Waals surface area contributed by atoms with E-state index >= 15 is 0 Å². The van der Waals surface area contributed by atoms with Crippen molar-refractivity contribution < 1.29 is 4.74 Å². The second-order valence-corrected chi connectivity index (χ2v) is 3.71. The molecule has 72 valence electrons. The smallest absolute Gasteiger partial charge is 0.0795 e. The van der Waals surface area contributed by atoms with Crippen LogP contribution in [0.25, 0.3) is 0 Å². The lowest BCUT2D eigenvalue weighted by atomic mass is 10.2. The molecule has 1 aliphatic carbocycles. The normalized spacial score (nSPS) is 28.2. The van der Waals surface area contributed by atoms with Crippen molar-refractivity contribution in [2.45, 2.75) is 38.3 Å². The average molecular weight is 180 g/mol. The molecule has 1 aromatic rings. The summed E-state index contributed by atoms with van der Waals surface area (Å²) in [6.45, 7) is 2.02. The van der Waals surface area contributed by atoms with Crippen LogP contribution in [0.4, 0.5) is 0 Å². The summed E-state index contributed by atoms with van der Waals surface area (Å²) in [6.07, 6.45) is 6.03. The summed E-state index contributed by atoms with van der Waals surface area (Å²) in [5.41, 5.74) is 1.08. The van der Waals surface area contributed by atoms with Crippen LogP contribution >= 0.6 is 0 Å². The number of aryl methyl sites for hydroxylation is 1. The van der Waals surface area contributed by atoms with Gasteiger partial charge in [0.2, 0.25) is 0 Å². The largest absolute Gasteiger partial charge is 0.379 e. The van der Waals surface area contributed by atoms with Crippen LogP contribution < -0.4 is 0 Å². The Labute approximate surface area is 78.7 Å². The molecule has 2 unspecified atom stereocenters. The van der Waals surface area contributed by atoms with E-state index in [1.165, 1.54) is 19.3 Å². The van der Waals surface area contributed by atoms with Gasteiger partial charge in [-0.1, -0.05) is 0 Å². The Morgan fingerprint density at radius 1 is 1.54 bits per heavy atom. The molecule has 2 rings (SSSR count). The molecule has 0 bridgehead atoms. The fourth-order valence-electron chi connectivity index (χ4n) is 2.10. The number of rotatable bonds is 2. The van der Waals surface area contributed by atoms with E-state index < -0.39 is 0 Å². The van der Waals surface area contributed by atoms with Gasteiger partial charge in [0.05, 0.1) is 17.8 Å². The lowest BCUT2D eigenvalue weighted by Crippen LogP contribution is -2.20. The molecule has 1 aromatic heterocycles. The van der Waals surface area contributed by atoms with Crippen molar-refractivity contribution in [2.24, 2.45) is 0 Å². The van der Waals surface area contributed by atoms with E-state index in [9.17, 15) is 0 Å². The summed E-state index contributed by atoms with van der Waals surface area (Å²) in [4.78, 5) is 0. The molecule has 0 amide bonds. The molecule has 1 heterocycles. The lowest BCUT2D eigenvalue weighted by Gasteiger charge is -2.18. The summed E-state index contributed by atoms with van der Waals surface area (Å²) in [6, 6.07) is 2.50. The highest BCUT2D eigenvalue weighted by molar-refractivity contribution is 4.97. The number of aromatic nitrogens is 2. The third-order valence-corrected chi connectivity index (χ3v) is 2.80. The van der Waals surface area contributed by atoms with Crippen molar-refractivity contribution in [3.63, 3.8) is 0 Å². The second kappa shape index (κ2) is 3.50. The number of hydrogen-bond donors (Lipinski definition) is 0. The van der Waals surface area contributed by atoms with Gasteiger partial charge in [-0.05, 0) is 32.3 Å². The third kappa shape index (κ3) is 1.61. The summed E-state index contributed by atoms with van der Waals surface area (Å²) in [5.74, 6) is 0. The Bertz CT molecular complexity index is 282. The van der Waals surface area contributed by atoms with E-state index in [1.54, 1.807) is 7.11 Å². The van der Waals surface area contributed by atoms with Crippen molar-refractivity contribution in [3.05, 3.63) is 18.0 Å². The molecule has 3 nitrogen and oxygen atoms in total. The zero-order valence-electron chi connectivity index (χ0n) is 8.23. The molecule has 0 aliphatic heterocycles. The van der Waals surface area contributed by atoms with Gasteiger partial charge in [0.15, 0.2) is 0 Å². The Morgan fingerprint density at radius 2 is 2.38 bits per heavy atom. The van der Waals surface area contributed by atoms with Crippen LogP contribution in [0.15, 0.2) is 12.3 Å². The van der Waals surface area contributed by atoms with Crippen molar-refractivity contribution in [1.82, 2.24) is 9.78 Å². The average Bonchev–Trinajstić information content (AvgIpc) is 2.71. The molecule has 13 heavy (non-hydrogen) atoms. The van der Waals surface area contributed by atoms with Gasteiger partial charge in [-0.2, -0.15) is 5.10 Å². The molecule has 1 aliphatic rings. The Kier molecular flexibility index (Phi) is 2.36. The minimum atomic E-state index is 0.360. The van der Waals surface area contributed by atoms with Crippen LogP contribution in [0.5, 0.6) is 0 Å². The van der Waals surface area contributed by atoms with Crippen LogP contribution in [0.1, 0.15) is 31.0 Å². The lowest BCUT2D eigenvalue weighted by molar-refractivity contribution is 0.0708. The number of methoxy groups -OCH3 is 1. The first-order chi connectivity index (χ1) is 6.31. The summed E-state index contributed by atoms with van der Waals surface area (Å²) >= 11 is 0. The van der Waals surface area contributed by atoms with Gasteiger partial charge in [0, 0.05) is 13.3 Å². The van der Waals surface area contributed by atoms with Crippen LogP contribution in [0.3, 0.4) is 0 Å². The van der Waals surface area contributed by atoms with Crippen molar-refractivity contribution >= 4 is 0 Å². The Balaban J connectivity index is 2.15. The summed E-state index contributed by atoms with van der Waals surface area (Å²) in [7, 11) is 1.79. The highest BCUT2D eigenvalue weighted by Gasteiger charge is 2.28. The summed E-state index contributed by atoms with van der Waals surface area (Å²) < 4.78 is 7.48. The molecule has 0 aromatic carbocycles. The standard InChI is InChI=1S/C10H16N2O/c1-8-6-7-12(11-8)9-4-3-5-10(9)13-2/h6-7,9-10H,3-5H2,1-2H3. The van der Waals surface area contributed by atoms with Gasteiger partial charge >= 0.3 is 0 Å². The monoisotopic (exact) mass is 180 g/mol. The molecular formula is C10H16N2O. The molecule has 2 atom stereocenters. The zero-order chi connectivity index (χ0) is 9.26. The third-order valence-electron chi connectivity index (χ3n) is 2.80. The molecule has 0 radical (unpaired) electrons. The van der Waals surface area contributed by atoms with Gasteiger partial charge in [-0.25, -0.2) is 0 Å². The van der Waals surface area contributed by atoms with Gasteiger partial charge in [0.1, 0.15) is 0 Å². The van der Waals surface area contributed by atoms with Crippen LogP contribution in [0, 0.1) is 6.92 Å². The van der Waals surface area contributed by atoms with Crippen molar-refractivity contribution in [3.8, 4) is 0 Å². The fourth-order valence-corrected chi connectivity index (χ4v) is 2.10. The molecule has 3 heteroatoms. The number of hydrogen-bond acceptors (Lipinski definition) is 2. The van der Waals surface area contributed by atoms with E-state index in [0.717, 1.165) is 5.69 Å². The molecule has 0 spiro atoms. The predicted molar refractivity (Wildman–Crippen MR) is 50.6 cm³/mol. The van der Waals surface area contributed by atoms with Crippen molar-refractivity contribution in [2.75, 3.05) is 7.11 Å². The van der Waals surface area contributed by atoms with Gasteiger partial charge in [-0.3, -0.25) is 4.68 Å². The minimum Gasteiger partial charge on any atom is -0.379 e. The van der Waals surface area contributed by atoms with Crippen LogP contribution in [0.2, 0.25) is 0 Å². The second-order valence-electron chi connectivity index (χ2n) is 3.71. The molecule has 1 saturated carbocycles. The fraction of sp³-hybridized carbons (Fsp3) is 0.700. The van der Waals surface area contributed by atoms with Gasteiger partial charge in [-0.15, -0.1) is 0 Å². The molecular weight excluding hydrogens is 164 g/mol. The molecule has 0 saturated heterocycles. The van der Waals surface area contributed by atoms with E-state index in [1.807, 2.05) is 13.0 Å². The molecule has 0 N–H and O–H groups in total. The Hall–Kier alpha value is -0.830. The predicted octanol–water partition coefficient (Wildman–Crippen LogP) is 1.93. The van der Waals surface area contributed by atoms with E-state index in [4.69, 9.17) is 4.74 Å². The first-order valence-electron chi connectivity index (χ1n) is 4.86. The summed E-state index contributed by atoms with van der Waals surface area (Å²) in [5, 5.41) is 4.43. The van der Waals surface area contributed by atoms with Crippen LogP contribution in [-0.4, -0.2) is 23.0 Å². The number of ether oxygens (including phenoxy) is 1. The minimum absolute atomic E-state index is 0.360. The Morgan fingerprint density at radius 3 is 3.00 bits per heavy atom. The van der Waals surface area contributed by atoms with Gasteiger partial charge < -0.3 is 4.74 Å². The maximum Gasteiger partial charge on any atom is 0.0795 e.